The Balaban J connectivity index is 1.94. The topological polar surface area (TPSA) is 51.2 Å². The molecule has 1 aliphatic carbocycles. The Morgan fingerprint density at radius 1 is 1.21 bits per heavy atom. The summed E-state index contributed by atoms with van der Waals surface area (Å²) in [6, 6.07) is 3.76. The highest BCUT2D eigenvalue weighted by atomic mass is 16.5. The molecule has 1 N–H and O–H groups in total. The number of benzene rings is 1. The molecule has 5 heteroatoms. The summed E-state index contributed by atoms with van der Waals surface area (Å²) in [5, 5.41) is 10.3. The molecule has 1 aromatic rings. The number of phenolic OH excluding ortho intramolecular Hbond substituents is 1. The van der Waals surface area contributed by atoms with E-state index in [1.54, 1.807) is 27.4 Å². The summed E-state index contributed by atoms with van der Waals surface area (Å²) < 4.78 is 16.7. The Hall–Kier alpha value is -1.82. The molecule has 1 spiro atoms. The van der Waals surface area contributed by atoms with Crippen molar-refractivity contribution in [3.05, 3.63) is 47.1 Å². The summed E-state index contributed by atoms with van der Waals surface area (Å²) in [7, 11) is 5.05. The Morgan fingerprint density at radius 3 is 2.75 bits per heavy atom. The lowest BCUT2D eigenvalue weighted by Crippen LogP contribution is -2.52. The van der Waals surface area contributed by atoms with Crippen LogP contribution in [0, 0.1) is 0 Å². The third-order valence-electron chi connectivity index (χ3n) is 5.65. The van der Waals surface area contributed by atoms with Gasteiger partial charge in [0, 0.05) is 33.7 Å². The van der Waals surface area contributed by atoms with Crippen LogP contribution < -0.4 is 4.74 Å². The van der Waals surface area contributed by atoms with Crippen LogP contribution in [0.3, 0.4) is 0 Å². The summed E-state index contributed by atoms with van der Waals surface area (Å²) in [5.74, 6) is 0.649. The van der Waals surface area contributed by atoms with Crippen LogP contribution in [0.5, 0.6) is 11.5 Å². The highest BCUT2D eigenvalue weighted by Crippen LogP contribution is 2.54. The van der Waals surface area contributed by atoms with Crippen LogP contribution in [0.25, 0.3) is 0 Å². The molecule has 1 aromatic carbocycles. The Bertz CT molecular complexity index is 726. The van der Waals surface area contributed by atoms with Gasteiger partial charge in [-0.05, 0) is 28.8 Å². The largest absolute Gasteiger partial charge is 0.504 e. The molecule has 2 heterocycles. The number of hydrogen-bond donors (Lipinski definition) is 1. The maximum atomic E-state index is 10.3. The van der Waals surface area contributed by atoms with Gasteiger partial charge < -0.3 is 19.3 Å². The van der Waals surface area contributed by atoms with Crippen LogP contribution >= 0.6 is 0 Å². The first-order chi connectivity index (χ1) is 11.6. The lowest BCUT2D eigenvalue weighted by molar-refractivity contribution is -0.00662. The fraction of sp³-hybridized carbons (Fsp3) is 0.474. The predicted octanol–water partition coefficient (Wildman–Crippen LogP) is 2.51. The first-order valence-electron chi connectivity index (χ1n) is 8.25. The number of aromatic hydroxyl groups is 1. The van der Waals surface area contributed by atoms with E-state index in [-0.39, 0.29) is 23.5 Å². The molecule has 0 aromatic heterocycles. The number of fused-ring (bicyclic) bond motifs is 1. The fourth-order valence-corrected chi connectivity index (χ4v) is 4.44. The first kappa shape index (κ1) is 15.7. The monoisotopic (exact) mass is 329 g/mol. The zero-order valence-corrected chi connectivity index (χ0v) is 14.3. The Labute approximate surface area is 142 Å². The van der Waals surface area contributed by atoms with Crippen LogP contribution in [0.4, 0.5) is 0 Å². The second-order valence-corrected chi connectivity index (χ2v) is 6.60. The van der Waals surface area contributed by atoms with Crippen molar-refractivity contribution in [3.8, 4) is 11.5 Å². The van der Waals surface area contributed by atoms with E-state index in [2.05, 4.69) is 23.1 Å². The standard InChI is InChI=1S/C19H23NO4/c1-22-13-5-4-12-6-7-20-11-18(24-3)14-8-16(21)17(23-2)9-15(14)19(12,20)10-13/h4-6,8-9,13,18,21H,7,10-11H2,1-3H3/t13-,18+,19-/m0/s1. The van der Waals surface area contributed by atoms with Crippen molar-refractivity contribution >= 4 is 0 Å². The average Bonchev–Trinajstić information content (AvgIpc) is 2.98. The van der Waals surface area contributed by atoms with Crippen molar-refractivity contribution in [2.75, 3.05) is 34.4 Å². The summed E-state index contributed by atoms with van der Waals surface area (Å²) >= 11 is 0. The van der Waals surface area contributed by atoms with Crippen LogP contribution in [-0.4, -0.2) is 50.5 Å². The van der Waals surface area contributed by atoms with E-state index in [0.717, 1.165) is 30.6 Å². The van der Waals surface area contributed by atoms with Gasteiger partial charge in [-0.3, -0.25) is 4.90 Å². The number of rotatable bonds is 3. The minimum Gasteiger partial charge on any atom is -0.504 e. The van der Waals surface area contributed by atoms with Gasteiger partial charge in [0.25, 0.3) is 0 Å². The zero-order valence-electron chi connectivity index (χ0n) is 14.3. The van der Waals surface area contributed by atoms with Crippen molar-refractivity contribution in [3.63, 3.8) is 0 Å². The van der Waals surface area contributed by atoms with Crippen molar-refractivity contribution in [2.45, 2.75) is 24.2 Å². The van der Waals surface area contributed by atoms with Crippen molar-refractivity contribution < 1.29 is 19.3 Å². The van der Waals surface area contributed by atoms with E-state index in [9.17, 15) is 5.11 Å². The molecule has 4 rings (SSSR count). The SMILES string of the molecule is COc1cc2c(cc1O)[C@H](OC)CN1CC=C3C=C[C@H](OC)C[C@]321. The van der Waals surface area contributed by atoms with Gasteiger partial charge >= 0.3 is 0 Å². The molecular formula is C19H23NO4. The van der Waals surface area contributed by atoms with Gasteiger partial charge in [-0.2, -0.15) is 0 Å². The van der Waals surface area contributed by atoms with Crippen LogP contribution in [0.2, 0.25) is 0 Å². The van der Waals surface area contributed by atoms with Gasteiger partial charge in [0.15, 0.2) is 11.5 Å². The van der Waals surface area contributed by atoms with E-state index in [1.807, 2.05) is 6.07 Å². The van der Waals surface area contributed by atoms with Gasteiger partial charge in [-0.15, -0.1) is 0 Å². The third kappa shape index (κ3) is 1.98. The van der Waals surface area contributed by atoms with E-state index in [0.29, 0.717) is 5.75 Å². The third-order valence-corrected chi connectivity index (χ3v) is 5.65. The zero-order chi connectivity index (χ0) is 16.9. The predicted molar refractivity (Wildman–Crippen MR) is 90.3 cm³/mol. The molecule has 0 fully saturated rings. The lowest BCUT2D eigenvalue weighted by Gasteiger charge is -2.50. The molecule has 128 valence electrons. The molecule has 0 unspecified atom stereocenters. The van der Waals surface area contributed by atoms with Crippen LogP contribution in [-0.2, 0) is 15.0 Å². The molecular weight excluding hydrogens is 306 g/mol. The molecule has 3 atom stereocenters. The van der Waals surface area contributed by atoms with Gasteiger partial charge in [0.2, 0.25) is 0 Å². The molecule has 0 saturated carbocycles. The number of hydrogen-bond acceptors (Lipinski definition) is 5. The van der Waals surface area contributed by atoms with Crippen LogP contribution in [0.15, 0.2) is 35.9 Å². The van der Waals surface area contributed by atoms with E-state index < -0.39 is 0 Å². The number of methoxy groups -OCH3 is 3. The van der Waals surface area contributed by atoms with Gasteiger partial charge in [0.05, 0.1) is 24.9 Å². The maximum absolute atomic E-state index is 10.3. The molecule has 2 aliphatic heterocycles. The lowest BCUT2D eigenvalue weighted by atomic mass is 9.70. The Kier molecular flexibility index (Phi) is 3.67. The smallest absolute Gasteiger partial charge is 0.160 e. The minimum atomic E-state index is -0.235. The summed E-state index contributed by atoms with van der Waals surface area (Å²) in [4.78, 5) is 2.45. The first-order valence-corrected chi connectivity index (χ1v) is 8.25. The number of nitrogens with zero attached hydrogens (tertiary/aromatic N) is 1. The van der Waals surface area contributed by atoms with Crippen molar-refractivity contribution in [1.82, 2.24) is 4.90 Å². The van der Waals surface area contributed by atoms with Crippen molar-refractivity contribution in [1.29, 1.82) is 0 Å². The number of phenols is 1. The normalized spacial score (nSPS) is 31.2. The molecule has 3 aliphatic rings. The molecule has 24 heavy (non-hydrogen) atoms. The molecule has 0 amide bonds. The summed E-state index contributed by atoms with van der Waals surface area (Å²) in [6.07, 6.45) is 7.43. The summed E-state index contributed by atoms with van der Waals surface area (Å²) in [6.45, 7) is 1.68. The van der Waals surface area contributed by atoms with E-state index in [1.165, 1.54) is 5.57 Å². The Morgan fingerprint density at radius 2 is 2.04 bits per heavy atom. The van der Waals surface area contributed by atoms with Gasteiger partial charge in [-0.25, -0.2) is 0 Å². The quantitative estimate of drug-likeness (QED) is 0.923. The maximum Gasteiger partial charge on any atom is 0.160 e. The van der Waals surface area contributed by atoms with Crippen molar-refractivity contribution in [2.24, 2.45) is 0 Å². The second kappa shape index (κ2) is 5.62. The molecule has 0 radical (unpaired) electrons. The van der Waals surface area contributed by atoms with Gasteiger partial charge in [0.1, 0.15) is 0 Å². The van der Waals surface area contributed by atoms with E-state index >= 15 is 0 Å². The van der Waals surface area contributed by atoms with Gasteiger partial charge in [-0.1, -0.05) is 18.2 Å². The van der Waals surface area contributed by atoms with Crippen LogP contribution in [0.1, 0.15) is 23.7 Å². The average molecular weight is 329 g/mol. The second-order valence-electron chi connectivity index (χ2n) is 6.60. The minimum absolute atomic E-state index is 0.0643. The fourth-order valence-electron chi connectivity index (χ4n) is 4.44. The summed E-state index contributed by atoms with van der Waals surface area (Å²) in [5.41, 5.74) is 3.23. The highest BCUT2D eigenvalue weighted by molar-refractivity contribution is 5.58. The molecule has 0 bridgehead atoms. The molecule has 0 saturated heterocycles. The number of ether oxygens (including phenoxy) is 3. The molecule has 5 nitrogen and oxygen atoms in total. The van der Waals surface area contributed by atoms with E-state index in [4.69, 9.17) is 14.2 Å². The highest BCUT2D eigenvalue weighted by Gasteiger charge is 2.52.